The van der Waals surface area contributed by atoms with Gasteiger partial charge in [0.1, 0.15) is 11.5 Å². The minimum atomic E-state index is -0.964. The van der Waals surface area contributed by atoms with Crippen molar-refractivity contribution in [1.29, 1.82) is 0 Å². The summed E-state index contributed by atoms with van der Waals surface area (Å²) in [4.78, 5) is 16.5. The van der Waals surface area contributed by atoms with Crippen molar-refractivity contribution in [3.05, 3.63) is 101 Å². The van der Waals surface area contributed by atoms with Crippen molar-refractivity contribution in [2.24, 2.45) is 0 Å². The third-order valence-electron chi connectivity index (χ3n) is 5.05. The Hall–Kier alpha value is -3.49. The summed E-state index contributed by atoms with van der Waals surface area (Å²) in [5.41, 5.74) is 11.9. The van der Waals surface area contributed by atoms with E-state index in [0.717, 1.165) is 16.7 Å². The van der Waals surface area contributed by atoms with Gasteiger partial charge >= 0.3 is 5.71 Å². The topological polar surface area (TPSA) is 62.7 Å². The van der Waals surface area contributed by atoms with Crippen LogP contribution in [0, 0.1) is 0 Å². The van der Waals surface area contributed by atoms with Crippen LogP contribution in [-0.2, 0) is 5.41 Å². The SMILES string of the molecule is [N-]=[N+]=C1C(=O)c2ccccc2C12c1ccccc1Oc1ccccc12. The highest BCUT2D eigenvalue weighted by Crippen LogP contribution is 2.55. The maximum Gasteiger partial charge on any atom is 0.358 e. The van der Waals surface area contributed by atoms with Crippen molar-refractivity contribution in [1.82, 2.24) is 0 Å². The third kappa shape index (κ3) is 1.54. The van der Waals surface area contributed by atoms with Crippen LogP contribution < -0.4 is 4.74 Å². The van der Waals surface area contributed by atoms with Gasteiger partial charge in [0.15, 0.2) is 5.41 Å². The van der Waals surface area contributed by atoms with Gasteiger partial charge in [0.2, 0.25) is 0 Å². The molecule has 0 bridgehead atoms. The summed E-state index contributed by atoms with van der Waals surface area (Å²) < 4.78 is 6.06. The molecule has 3 aromatic carbocycles. The average Bonchev–Trinajstić information content (AvgIpc) is 2.92. The fraction of sp³-hybridized carbons (Fsp3) is 0.0476. The number of hydrogen-bond acceptors (Lipinski definition) is 2. The van der Waals surface area contributed by atoms with Gasteiger partial charge in [-0.2, -0.15) is 4.79 Å². The van der Waals surface area contributed by atoms with Crippen LogP contribution in [0.1, 0.15) is 27.0 Å². The summed E-state index contributed by atoms with van der Waals surface area (Å²) in [5, 5.41) is 0. The molecular weight excluding hydrogens is 312 g/mol. The van der Waals surface area contributed by atoms with Crippen LogP contribution in [0.5, 0.6) is 11.5 Å². The normalized spacial score (nSPS) is 15.8. The number of hydrogen-bond donors (Lipinski definition) is 0. The van der Waals surface area contributed by atoms with E-state index in [0.29, 0.717) is 17.1 Å². The van der Waals surface area contributed by atoms with Gasteiger partial charge in [-0.1, -0.05) is 60.7 Å². The summed E-state index contributed by atoms with van der Waals surface area (Å²) in [7, 11) is 0. The van der Waals surface area contributed by atoms with Gasteiger partial charge in [0, 0.05) is 16.7 Å². The Kier molecular flexibility index (Phi) is 2.65. The number of ketones is 1. The van der Waals surface area contributed by atoms with Gasteiger partial charge in [-0.25, -0.2) is 0 Å². The van der Waals surface area contributed by atoms with Crippen molar-refractivity contribution in [3.8, 4) is 11.5 Å². The highest BCUT2D eigenvalue weighted by Gasteiger charge is 2.61. The van der Waals surface area contributed by atoms with E-state index in [1.165, 1.54) is 0 Å². The van der Waals surface area contributed by atoms with E-state index in [-0.39, 0.29) is 11.5 Å². The molecule has 3 aromatic rings. The Balaban J connectivity index is 2.03. The summed E-state index contributed by atoms with van der Waals surface area (Å²) in [6.07, 6.45) is 0. The third-order valence-corrected chi connectivity index (χ3v) is 5.05. The van der Waals surface area contributed by atoms with Gasteiger partial charge in [-0.3, -0.25) is 4.79 Å². The number of carbonyl (C=O) groups excluding carboxylic acids is 1. The van der Waals surface area contributed by atoms with Crippen molar-refractivity contribution >= 4 is 11.5 Å². The van der Waals surface area contributed by atoms with Crippen LogP contribution in [0.3, 0.4) is 0 Å². The molecule has 1 spiro atoms. The number of fused-ring (bicyclic) bond motifs is 6. The number of carbonyl (C=O) groups is 1. The van der Waals surface area contributed by atoms with E-state index in [1.54, 1.807) is 6.07 Å². The molecule has 2 aliphatic rings. The average molecular weight is 324 g/mol. The van der Waals surface area contributed by atoms with Crippen LogP contribution in [0.15, 0.2) is 72.8 Å². The first-order chi connectivity index (χ1) is 12.3. The molecular formula is C21H12N2O2. The lowest BCUT2D eigenvalue weighted by atomic mass is 9.67. The molecule has 118 valence electrons. The van der Waals surface area contributed by atoms with Gasteiger partial charge in [0.25, 0.3) is 5.78 Å². The Labute approximate surface area is 143 Å². The monoisotopic (exact) mass is 324 g/mol. The lowest BCUT2D eigenvalue weighted by molar-refractivity contribution is -0.0118. The fourth-order valence-corrected chi connectivity index (χ4v) is 4.09. The lowest BCUT2D eigenvalue weighted by Crippen LogP contribution is -2.40. The summed E-state index contributed by atoms with van der Waals surface area (Å²) >= 11 is 0. The maximum absolute atomic E-state index is 13.0. The number of Topliss-reactive ketones (excluding diaryl/α,β-unsaturated/α-hetero) is 1. The van der Waals surface area contributed by atoms with Crippen molar-refractivity contribution < 1.29 is 14.3 Å². The smallest absolute Gasteiger partial charge is 0.358 e. The maximum atomic E-state index is 13.0. The molecule has 0 radical (unpaired) electrons. The second-order valence-corrected chi connectivity index (χ2v) is 6.17. The molecule has 4 nitrogen and oxygen atoms in total. The molecule has 5 rings (SSSR count). The molecule has 0 fully saturated rings. The van der Waals surface area contributed by atoms with Crippen molar-refractivity contribution in [3.63, 3.8) is 0 Å². The highest BCUT2D eigenvalue weighted by molar-refractivity contribution is 6.52. The molecule has 1 aliphatic heterocycles. The van der Waals surface area contributed by atoms with Gasteiger partial charge in [-0.05, 0) is 17.7 Å². The van der Waals surface area contributed by atoms with Crippen LogP contribution >= 0.6 is 0 Å². The number of benzene rings is 3. The zero-order valence-electron chi connectivity index (χ0n) is 13.1. The van der Waals surface area contributed by atoms with E-state index < -0.39 is 5.41 Å². The minimum Gasteiger partial charge on any atom is -0.457 e. The first-order valence-electron chi connectivity index (χ1n) is 8.02. The number of para-hydroxylation sites is 2. The summed E-state index contributed by atoms with van der Waals surface area (Å²) in [6.45, 7) is 0. The predicted octanol–water partition coefficient (Wildman–Crippen LogP) is 3.99. The second-order valence-electron chi connectivity index (χ2n) is 6.17. The molecule has 1 aliphatic carbocycles. The fourth-order valence-electron chi connectivity index (χ4n) is 4.09. The van der Waals surface area contributed by atoms with E-state index in [4.69, 9.17) is 4.74 Å². The molecule has 0 N–H and O–H groups in total. The van der Waals surface area contributed by atoms with Crippen LogP contribution in [0.25, 0.3) is 5.53 Å². The first kappa shape index (κ1) is 13.9. The van der Waals surface area contributed by atoms with Gasteiger partial charge in [0.05, 0.1) is 0 Å². The molecule has 0 aromatic heterocycles. The quantitative estimate of drug-likeness (QED) is 0.463. The van der Waals surface area contributed by atoms with Crippen molar-refractivity contribution in [2.75, 3.05) is 0 Å². The largest absolute Gasteiger partial charge is 0.457 e. The van der Waals surface area contributed by atoms with E-state index in [2.05, 4.69) is 4.79 Å². The van der Waals surface area contributed by atoms with E-state index >= 15 is 0 Å². The Morgan fingerprint density at radius 2 is 1.28 bits per heavy atom. The molecule has 0 atom stereocenters. The molecule has 0 amide bonds. The van der Waals surface area contributed by atoms with Crippen molar-refractivity contribution in [2.45, 2.75) is 5.41 Å². The van der Waals surface area contributed by atoms with Gasteiger partial charge < -0.3 is 10.3 Å². The zero-order valence-corrected chi connectivity index (χ0v) is 13.1. The molecule has 4 heteroatoms. The van der Waals surface area contributed by atoms with E-state index in [1.807, 2.05) is 66.7 Å². The summed E-state index contributed by atoms with van der Waals surface area (Å²) in [5.74, 6) is 1.06. The van der Waals surface area contributed by atoms with Crippen LogP contribution in [0.2, 0.25) is 0 Å². The second kappa shape index (κ2) is 4.76. The standard InChI is InChI=1S/C21H12N2O2/c22-23-20-19(24)13-7-1-2-8-14(13)21(20)15-9-3-5-11-17(15)25-18-12-6-4-10-16(18)21/h1-12H. The Bertz CT molecular complexity index is 1060. The lowest BCUT2D eigenvalue weighted by Gasteiger charge is -2.34. The summed E-state index contributed by atoms with van der Waals surface area (Å²) in [6, 6.07) is 22.6. The number of nitrogens with zero attached hydrogens (tertiary/aromatic N) is 2. The molecule has 0 saturated carbocycles. The van der Waals surface area contributed by atoms with Gasteiger partial charge in [-0.15, -0.1) is 0 Å². The minimum absolute atomic E-state index is 0.108. The van der Waals surface area contributed by atoms with Crippen LogP contribution in [0.4, 0.5) is 0 Å². The zero-order chi connectivity index (χ0) is 17.0. The Morgan fingerprint density at radius 3 is 1.88 bits per heavy atom. The first-order valence-corrected chi connectivity index (χ1v) is 8.02. The number of ether oxygens (including phenoxy) is 1. The predicted molar refractivity (Wildman–Crippen MR) is 92.2 cm³/mol. The van der Waals surface area contributed by atoms with E-state index in [9.17, 15) is 10.3 Å². The number of rotatable bonds is 0. The molecule has 25 heavy (non-hydrogen) atoms. The van der Waals surface area contributed by atoms with Crippen LogP contribution in [-0.4, -0.2) is 16.3 Å². The Morgan fingerprint density at radius 1 is 0.760 bits per heavy atom. The molecule has 0 saturated heterocycles. The molecule has 1 heterocycles. The molecule has 0 unspecified atom stereocenters. The highest BCUT2D eigenvalue weighted by atomic mass is 16.5.